The van der Waals surface area contributed by atoms with Crippen molar-refractivity contribution in [2.45, 2.75) is 6.42 Å². The van der Waals surface area contributed by atoms with E-state index in [-0.39, 0.29) is 11.8 Å². The van der Waals surface area contributed by atoms with Crippen molar-refractivity contribution in [3.05, 3.63) is 93.8 Å². The molecule has 0 unspecified atom stereocenters. The third-order valence-electron chi connectivity index (χ3n) is 5.00. The van der Waals surface area contributed by atoms with E-state index in [0.29, 0.717) is 33.4 Å². The zero-order valence-corrected chi connectivity index (χ0v) is 18.9. The van der Waals surface area contributed by atoms with E-state index < -0.39 is 0 Å². The van der Waals surface area contributed by atoms with Crippen molar-refractivity contribution in [2.24, 2.45) is 0 Å². The third-order valence-corrected chi connectivity index (χ3v) is 6.66. The van der Waals surface area contributed by atoms with Gasteiger partial charge in [0, 0.05) is 16.6 Å². The number of thiophene rings is 1. The van der Waals surface area contributed by atoms with Crippen LogP contribution in [-0.4, -0.2) is 25.5 Å². The maximum absolute atomic E-state index is 13.0. The molecule has 0 radical (unpaired) electrons. The van der Waals surface area contributed by atoms with Crippen molar-refractivity contribution in [3.63, 3.8) is 0 Å². The van der Waals surface area contributed by atoms with Gasteiger partial charge in [0.15, 0.2) is 0 Å². The summed E-state index contributed by atoms with van der Waals surface area (Å²) in [5.74, 6) is 0.0867. The number of ether oxygens (including phenoxy) is 1. The molecule has 0 bridgehead atoms. The molecule has 0 atom stereocenters. The number of para-hydroxylation sites is 1. The summed E-state index contributed by atoms with van der Waals surface area (Å²) >= 11 is 7.75. The Balaban J connectivity index is 1.49. The van der Waals surface area contributed by atoms with Gasteiger partial charge in [-0.2, -0.15) is 0 Å². The molecular formula is C25H21ClN2O3S. The minimum atomic E-state index is -0.361. The summed E-state index contributed by atoms with van der Waals surface area (Å²) in [6.45, 7) is 0.495. The molecule has 7 heteroatoms. The fraction of sp³-hybridized carbons (Fsp3) is 0.120. The number of amides is 2. The Morgan fingerprint density at radius 1 is 0.969 bits per heavy atom. The maximum Gasteiger partial charge on any atom is 0.267 e. The lowest BCUT2D eigenvalue weighted by molar-refractivity contribution is 0.0955. The third kappa shape index (κ3) is 4.77. The predicted molar refractivity (Wildman–Crippen MR) is 130 cm³/mol. The van der Waals surface area contributed by atoms with Gasteiger partial charge in [-0.05, 0) is 42.3 Å². The molecule has 2 amide bonds. The highest BCUT2D eigenvalue weighted by Crippen LogP contribution is 2.37. The van der Waals surface area contributed by atoms with Gasteiger partial charge in [-0.3, -0.25) is 9.59 Å². The van der Waals surface area contributed by atoms with Crippen molar-refractivity contribution < 1.29 is 14.3 Å². The van der Waals surface area contributed by atoms with Crippen molar-refractivity contribution in [3.8, 4) is 5.75 Å². The van der Waals surface area contributed by atoms with E-state index in [9.17, 15) is 9.59 Å². The molecular weight excluding hydrogens is 444 g/mol. The minimum Gasteiger partial charge on any atom is -0.497 e. The van der Waals surface area contributed by atoms with Gasteiger partial charge in [0.05, 0.1) is 23.4 Å². The number of hydrogen-bond donors (Lipinski definition) is 2. The van der Waals surface area contributed by atoms with Crippen molar-refractivity contribution in [2.75, 3.05) is 19.0 Å². The van der Waals surface area contributed by atoms with Gasteiger partial charge in [-0.1, -0.05) is 54.1 Å². The highest BCUT2D eigenvalue weighted by atomic mass is 35.5. The molecule has 2 N–H and O–H groups in total. The van der Waals surface area contributed by atoms with Gasteiger partial charge in [-0.25, -0.2) is 0 Å². The number of halogens is 1. The molecule has 0 spiro atoms. The molecule has 0 aliphatic heterocycles. The van der Waals surface area contributed by atoms with Crippen LogP contribution in [0.15, 0.2) is 72.8 Å². The van der Waals surface area contributed by atoms with Gasteiger partial charge >= 0.3 is 0 Å². The first-order valence-electron chi connectivity index (χ1n) is 10.1. The molecule has 0 aliphatic rings. The second kappa shape index (κ2) is 9.85. The molecule has 4 rings (SSSR count). The van der Waals surface area contributed by atoms with Crippen molar-refractivity contribution >= 4 is 50.5 Å². The second-order valence-corrected chi connectivity index (χ2v) is 8.53. The summed E-state index contributed by atoms with van der Waals surface area (Å²) in [5, 5.41) is 6.93. The van der Waals surface area contributed by atoms with Crippen LogP contribution in [0, 0.1) is 0 Å². The summed E-state index contributed by atoms with van der Waals surface area (Å²) in [6.07, 6.45) is 0.724. The number of rotatable bonds is 7. The molecule has 0 saturated heterocycles. The topological polar surface area (TPSA) is 67.4 Å². The molecule has 5 nitrogen and oxygen atoms in total. The lowest BCUT2D eigenvalue weighted by atomic mass is 10.1. The number of hydrogen-bond acceptors (Lipinski definition) is 4. The number of fused-ring (bicyclic) bond motifs is 1. The first-order chi connectivity index (χ1) is 15.6. The molecule has 0 aliphatic carbocycles. The first-order valence-corrected chi connectivity index (χ1v) is 11.2. The van der Waals surface area contributed by atoms with Crippen molar-refractivity contribution in [1.29, 1.82) is 0 Å². The number of carbonyl (C=O) groups is 2. The van der Waals surface area contributed by atoms with Crippen LogP contribution in [0.4, 0.5) is 5.69 Å². The molecule has 32 heavy (non-hydrogen) atoms. The minimum absolute atomic E-state index is 0.246. The summed E-state index contributed by atoms with van der Waals surface area (Å²) in [5.41, 5.74) is 1.97. The number of nitrogens with one attached hydrogen (secondary N) is 2. The molecule has 0 fully saturated rings. The average molecular weight is 465 g/mol. The highest BCUT2D eigenvalue weighted by Gasteiger charge is 2.20. The number of carbonyl (C=O) groups excluding carboxylic acids is 2. The predicted octanol–water partition coefficient (Wildman–Crippen LogP) is 5.79. The van der Waals surface area contributed by atoms with Crippen LogP contribution >= 0.6 is 22.9 Å². The highest BCUT2D eigenvalue weighted by molar-refractivity contribution is 7.21. The monoisotopic (exact) mass is 464 g/mol. The smallest absolute Gasteiger partial charge is 0.267 e. The molecule has 1 aromatic heterocycles. The summed E-state index contributed by atoms with van der Waals surface area (Å²) in [4.78, 5) is 26.1. The van der Waals surface area contributed by atoms with E-state index in [1.54, 1.807) is 37.4 Å². The molecule has 0 saturated carbocycles. The average Bonchev–Trinajstić information content (AvgIpc) is 3.15. The zero-order chi connectivity index (χ0) is 22.5. The Labute approximate surface area is 195 Å². The fourth-order valence-electron chi connectivity index (χ4n) is 3.35. The van der Waals surface area contributed by atoms with Gasteiger partial charge in [0.2, 0.25) is 0 Å². The fourth-order valence-corrected chi connectivity index (χ4v) is 4.79. The molecule has 3 aromatic carbocycles. The Bertz CT molecular complexity index is 1270. The second-order valence-electron chi connectivity index (χ2n) is 7.10. The van der Waals surface area contributed by atoms with E-state index in [2.05, 4.69) is 10.6 Å². The largest absolute Gasteiger partial charge is 0.497 e. The van der Waals surface area contributed by atoms with Crippen LogP contribution in [0.3, 0.4) is 0 Å². The maximum atomic E-state index is 13.0. The standard InChI is InChI=1S/C25H21ClN2O3S/c1-31-17-11-12-19-21(15-17)32-23(22(19)26)25(30)28-20-10-6-5-9-18(20)24(29)27-14-13-16-7-3-2-4-8-16/h2-12,15H,13-14H2,1H3,(H,27,29)(H,28,30). The Kier molecular flexibility index (Phi) is 6.73. The van der Waals surface area contributed by atoms with Gasteiger partial charge in [0.1, 0.15) is 10.6 Å². The summed E-state index contributed by atoms with van der Waals surface area (Å²) < 4.78 is 6.10. The van der Waals surface area contributed by atoms with E-state index >= 15 is 0 Å². The van der Waals surface area contributed by atoms with Crippen LogP contribution in [-0.2, 0) is 6.42 Å². The normalized spacial score (nSPS) is 10.7. The van der Waals surface area contributed by atoms with Crippen LogP contribution in [0.25, 0.3) is 10.1 Å². The quantitative estimate of drug-likeness (QED) is 0.364. The molecule has 4 aromatic rings. The zero-order valence-electron chi connectivity index (χ0n) is 17.4. The number of anilines is 1. The van der Waals surface area contributed by atoms with Crippen LogP contribution < -0.4 is 15.4 Å². The van der Waals surface area contributed by atoms with Gasteiger partial charge < -0.3 is 15.4 Å². The Hall–Kier alpha value is -3.35. The van der Waals surface area contributed by atoms with Crippen LogP contribution in [0.5, 0.6) is 5.75 Å². The Morgan fingerprint density at radius 2 is 1.72 bits per heavy atom. The lowest BCUT2D eigenvalue weighted by Crippen LogP contribution is -2.27. The molecule has 162 valence electrons. The summed E-state index contributed by atoms with van der Waals surface area (Å²) in [6, 6.07) is 22.3. The van der Waals surface area contributed by atoms with Gasteiger partial charge in [-0.15, -0.1) is 11.3 Å². The summed E-state index contributed by atoms with van der Waals surface area (Å²) in [7, 11) is 1.59. The van der Waals surface area contributed by atoms with E-state index in [1.807, 2.05) is 42.5 Å². The van der Waals surface area contributed by atoms with Crippen LogP contribution in [0.2, 0.25) is 5.02 Å². The van der Waals surface area contributed by atoms with E-state index in [4.69, 9.17) is 16.3 Å². The van der Waals surface area contributed by atoms with Gasteiger partial charge in [0.25, 0.3) is 11.8 Å². The molecule has 1 heterocycles. The number of benzene rings is 3. The van der Waals surface area contributed by atoms with E-state index in [0.717, 1.165) is 22.1 Å². The van der Waals surface area contributed by atoms with Crippen LogP contribution in [0.1, 0.15) is 25.6 Å². The number of methoxy groups -OCH3 is 1. The lowest BCUT2D eigenvalue weighted by Gasteiger charge is -2.11. The Morgan fingerprint density at radius 3 is 2.50 bits per heavy atom. The van der Waals surface area contributed by atoms with Crippen molar-refractivity contribution in [1.82, 2.24) is 5.32 Å². The van der Waals surface area contributed by atoms with E-state index in [1.165, 1.54) is 11.3 Å². The first kappa shape index (κ1) is 21.9. The SMILES string of the molecule is COc1ccc2c(Cl)c(C(=O)Nc3ccccc3C(=O)NCCc3ccccc3)sc2c1.